The minimum absolute atomic E-state index is 0.0651. The van der Waals surface area contributed by atoms with E-state index in [0.29, 0.717) is 0 Å². The lowest BCUT2D eigenvalue weighted by Gasteiger charge is -2.12. The van der Waals surface area contributed by atoms with E-state index in [-0.39, 0.29) is 10.6 Å². The third-order valence-corrected chi connectivity index (χ3v) is 6.55. The van der Waals surface area contributed by atoms with Gasteiger partial charge in [-0.05, 0) is 51.2 Å². The number of nitro groups is 1. The molecule has 6 aromatic rings. The normalized spacial score (nSPS) is 10.9. The third-order valence-electron chi connectivity index (χ3n) is 6.55. The van der Waals surface area contributed by atoms with Crippen LogP contribution in [-0.4, -0.2) is 9.91 Å². The Morgan fingerprint density at radius 3 is 1.81 bits per heavy atom. The summed E-state index contributed by atoms with van der Waals surface area (Å²) >= 11 is 0. The van der Waals surface area contributed by atoms with Crippen molar-refractivity contribution in [3.8, 4) is 44.8 Å². The number of hydrogen-bond donors (Lipinski definition) is 0. The molecule has 0 N–H and O–H groups in total. The third kappa shape index (κ3) is 4.60. The quantitative estimate of drug-likeness (QED) is 0.184. The van der Waals surface area contributed by atoms with Gasteiger partial charge in [0.1, 0.15) is 0 Å². The first-order valence-electron chi connectivity index (χ1n) is 12.1. The van der Waals surface area contributed by atoms with Gasteiger partial charge in [0, 0.05) is 23.3 Å². The van der Waals surface area contributed by atoms with Crippen LogP contribution in [0, 0.1) is 10.1 Å². The minimum atomic E-state index is -0.363. The summed E-state index contributed by atoms with van der Waals surface area (Å²) in [5.41, 5.74) is 7.61. The van der Waals surface area contributed by atoms with Gasteiger partial charge in [0.2, 0.25) is 0 Å². The highest BCUT2D eigenvalue weighted by molar-refractivity contribution is 5.88. The van der Waals surface area contributed by atoms with Crippen molar-refractivity contribution in [2.45, 2.75) is 0 Å². The molecule has 37 heavy (non-hydrogen) atoms. The SMILES string of the molecule is O=[N+]([O-])c1cccc(-c2cc(-c3ccc(-c4ccccc4)cc3)nc(-c3ccc4ccccc4c3)c2)c1. The fourth-order valence-corrected chi connectivity index (χ4v) is 4.60. The van der Waals surface area contributed by atoms with E-state index in [1.807, 2.05) is 48.5 Å². The van der Waals surface area contributed by atoms with Crippen molar-refractivity contribution in [2.75, 3.05) is 0 Å². The van der Waals surface area contributed by atoms with E-state index < -0.39 is 0 Å². The van der Waals surface area contributed by atoms with E-state index in [4.69, 9.17) is 4.98 Å². The van der Waals surface area contributed by atoms with Crippen molar-refractivity contribution in [1.82, 2.24) is 4.98 Å². The molecule has 0 aliphatic heterocycles. The van der Waals surface area contributed by atoms with Crippen LogP contribution in [-0.2, 0) is 0 Å². The molecule has 1 aromatic heterocycles. The second kappa shape index (κ2) is 9.51. The summed E-state index contributed by atoms with van der Waals surface area (Å²) in [7, 11) is 0. The maximum absolute atomic E-state index is 11.4. The van der Waals surface area contributed by atoms with Crippen LogP contribution in [0.3, 0.4) is 0 Å². The second-order valence-electron chi connectivity index (χ2n) is 8.94. The lowest BCUT2D eigenvalue weighted by Crippen LogP contribution is -1.93. The molecule has 0 atom stereocenters. The Bertz CT molecular complexity index is 1740. The molecule has 0 bridgehead atoms. The topological polar surface area (TPSA) is 56.0 Å². The zero-order chi connectivity index (χ0) is 25.2. The molecule has 0 spiro atoms. The molecule has 4 nitrogen and oxygen atoms in total. The van der Waals surface area contributed by atoms with Gasteiger partial charge in [-0.2, -0.15) is 0 Å². The van der Waals surface area contributed by atoms with Crippen molar-refractivity contribution in [2.24, 2.45) is 0 Å². The molecular formula is C33H22N2O2. The van der Waals surface area contributed by atoms with Crippen LogP contribution in [0.15, 0.2) is 133 Å². The Morgan fingerprint density at radius 1 is 0.459 bits per heavy atom. The molecule has 176 valence electrons. The molecule has 0 unspecified atom stereocenters. The van der Waals surface area contributed by atoms with E-state index in [2.05, 4.69) is 66.7 Å². The lowest BCUT2D eigenvalue weighted by molar-refractivity contribution is -0.384. The maximum atomic E-state index is 11.4. The van der Waals surface area contributed by atoms with Crippen LogP contribution >= 0.6 is 0 Å². The van der Waals surface area contributed by atoms with Crippen LogP contribution in [0.4, 0.5) is 5.69 Å². The van der Waals surface area contributed by atoms with Crippen LogP contribution in [0.1, 0.15) is 0 Å². The summed E-state index contributed by atoms with van der Waals surface area (Å²) < 4.78 is 0. The van der Waals surface area contributed by atoms with Gasteiger partial charge >= 0.3 is 0 Å². The zero-order valence-corrected chi connectivity index (χ0v) is 19.9. The van der Waals surface area contributed by atoms with E-state index in [9.17, 15) is 10.1 Å². The lowest BCUT2D eigenvalue weighted by atomic mass is 9.97. The molecule has 0 aliphatic carbocycles. The first-order valence-corrected chi connectivity index (χ1v) is 12.1. The summed E-state index contributed by atoms with van der Waals surface area (Å²) in [6.07, 6.45) is 0. The number of hydrogen-bond acceptors (Lipinski definition) is 3. The van der Waals surface area contributed by atoms with Crippen molar-refractivity contribution in [3.63, 3.8) is 0 Å². The summed E-state index contributed by atoms with van der Waals surface area (Å²) in [6, 6.07) is 43.9. The number of fused-ring (bicyclic) bond motifs is 1. The predicted molar refractivity (Wildman–Crippen MR) is 150 cm³/mol. The van der Waals surface area contributed by atoms with E-state index >= 15 is 0 Å². The van der Waals surface area contributed by atoms with Gasteiger partial charge in [-0.3, -0.25) is 10.1 Å². The first kappa shape index (κ1) is 22.4. The molecule has 0 radical (unpaired) electrons. The summed E-state index contributed by atoms with van der Waals surface area (Å²) in [5.74, 6) is 0. The van der Waals surface area contributed by atoms with Gasteiger partial charge in [-0.25, -0.2) is 4.98 Å². The van der Waals surface area contributed by atoms with Crippen LogP contribution < -0.4 is 0 Å². The van der Waals surface area contributed by atoms with Crippen LogP contribution in [0.5, 0.6) is 0 Å². The molecule has 5 aromatic carbocycles. The monoisotopic (exact) mass is 478 g/mol. The zero-order valence-electron chi connectivity index (χ0n) is 19.9. The highest BCUT2D eigenvalue weighted by Gasteiger charge is 2.12. The molecule has 0 amide bonds. The number of non-ortho nitro benzene ring substituents is 1. The van der Waals surface area contributed by atoms with Crippen molar-refractivity contribution in [3.05, 3.63) is 144 Å². The van der Waals surface area contributed by atoms with Crippen molar-refractivity contribution in [1.29, 1.82) is 0 Å². The number of aromatic nitrogens is 1. The van der Waals surface area contributed by atoms with Gasteiger partial charge in [-0.1, -0.05) is 103 Å². The summed E-state index contributed by atoms with van der Waals surface area (Å²) in [5, 5.41) is 13.7. The number of nitro benzene ring substituents is 1. The van der Waals surface area contributed by atoms with Crippen molar-refractivity contribution >= 4 is 16.5 Å². The highest BCUT2D eigenvalue weighted by Crippen LogP contribution is 2.33. The predicted octanol–water partition coefficient (Wildman–Crippen LogP) is 8.81. The molecule has 4 heteroatoms. The Morgan fingerprint density at radius 2 is 1.05 bits per heavy atom. The number of nitrogens with zero attached hydrogens (tertiary/aromatic N) is 2. The average Bonchev–Trinajstić information content (AvgIpc) is 2.97. The second-order valence-corrected chi connectivity index (χ2v) is 8.94. The Hall–Kier alpha value is -5.09. The molecule has 0 fully saturated rings. The first-order chi connectivity index (χ1) is 18.1. The average molecular weight is 479 g/mol. The molecule has 0 aliphatic rings. The number of rotatable bonds is 5. The highest BCUT2D eigenvalue weighted by atomic mass is 16.6. The number of benzene rings is 5. The minimum Gasteiger partial charge on any atom is -0.258 e. The number of pyridine rings is 1. The van der Waals surface area contributed by atoms with Crippen molar-refractivity contribution < 1.29 is 4.92 Å². The summed E-state index contributed by atoms with van der Waals surface area (Å²) in [6.45, 7) is 0. The molecule has 6 rings (SSSR count). The smallest absolute Gasteiger partial charge is 0.258 e. The maximum Gasteiger partial charge on any atom is 0.270 e. The summed E-state index contributed by atoms with van der Waals surface area (Å²) in [4.78, 5) is 16.1. The Kier molecular flexibility index (Phi) is 5.75. The van der Waals surface area contributed by atoms with Gasteiger partial charge in [0.15, 0.2) is 0 Å². The largest absolute Gasteiger partial charge is 0.270 e. The van der Waals surface area contributed by atoms with Gasteiger partial charge in [0.05, 0.1) is 16.3 Å². The molecule has 1 heterocycles. The Labute approximate surface area is 214 Å². The fourth-order valence-electron chi connectivity index (χ4n) is 4.60. The van der Waals surface area contributed by atoms with Gasteiger partial charge in [0.25, 0.3) is 5.69 Å². The molecule has 0 saturated carbocycles. The van der Waals surface area contributed by atoms with Gasteiger partial charge in [-0.15, -0.1) is 0 Å². The van der Waals surface area contributed by atoms with Crippen LogP contribution in [0.25, 0.3) is 55.5 Å². The van der Waals surface area contributed by atoms with Gasteiger partial charge < -0.3 is 0 Å². The van der Waals surface area contributed by atoms with E-state index in [1.54, 1.807) is 12.1 Å². The standard InChI is InChI=1S/C33H22N2O2/c36-35(37)31-12-6-11-28(20-31)30-21-32(26-16-13-25(14-17-26)23-7-2-1-3-8-23)34-33(22-30)29-18-15-24-9-4-5-10-27(24)19-29/h1-22H. The Balaban J connectivity index is 1.49. The molecule has 0 saturated heterocycles. The van der Waals surface area contributed by atoms with Crippen LogP contribution in [0.2, 0.25) is 0 Å². The van der Waals surface area contributed by atoms with E-state index in [0.717, 1.165) is 55.5 Å². The molecular weight excluding hydrogens is 456 g/mol. The fraction of sp³-hybridized carbons (Fsp3) is 0. The van der Waals surface area contributed by atoms with E-state index in [1.165, 1.54) is 6.07 Å².